The largest absolute Gasteiger partial charge is 0.496 e. The Morgan fingerprint density at radius 2 is 2.19 bits per heavy atom. The van der Waals surface area contributed by atoms with E-state index in [1.54, 1.807) is 7.11 Å². The van der Waals surface area contributed by atoms with Gasteiger partial charge in [-0.2, -0.15) is 0 Å². The van der Waals surface area contributed by atoms with Gasteiger partial charge in [0.2, 0.25) is 0 Å². The van der Waals surface area contributed by atoms with Crippen LogP contribution in [0.2, 0.25) is 0 Å². The van der Waals surface area contributed by atoms with Gasteiger partial charge in [0.15, 0.2) is 0 Å². The molecule has 2 heteroatoms. The van der Waals surface area contributed by atoms with Crippen LogP contribution in [-0.2, 0) is 5.41 Å². The molecule has 0 radical (unpaired) electrons. The van der Waals surface area contributed by atoms with E-state index < -0.39 is 0 Å². The summed E-state index contributed by atoms with van der Waals surface area (Å²) in [5, 5.41) is 3.52. The molecule has 0 aromatic heterocycles. The van der Waals surface area contributed by atoms with Gasteiger partial charge < -0.3 is 10.1 Å². The first kappa shape index (κ1) is 11.3. The maximum atomic E-state index is 5.37. The molecule has 0 saturated heterocycles. The number of methoxy groups -OCH3 is 1. The first-order chi connectivity index (χ1) is 7.62. The third-order valence-electron chi connectivity index (χ3n) is 4.04. The molecular formula is C14H21NO. The van der Waals surface area contributed by atoms with E-state index >= 15 is 0 Å². The maximum Gasteiger partial charge on any atom is 0.123 e. The van der Waals surface area contributed by atoms with Gasteiger partial charge in [-0.25, -0.2) is 0 Å². The molecule has 1 atom stereocenters. The third kappa shape index (κ3) is 1.57. The van der Waals surface area contributed by atoms with Crippen molar-refractivity contribution in [2.45, 2.75) is 39.0 Å². The van der Waals surface area contributed by atoms with E-state index in [1.807, 2.05) is 0 Å². The van der Waals surface area contributed by atoms with Crippen molar-refractivity contribution in [2.24, 2.45) is 0 Å². The first-order valence-electron chi connectivity index (χ1n) is 6.04. The van der Waals surface area contributed by atoms with Crippen LogP contribution in [0.15, 0.2) is 12.1 Å². The molecule has 2 rings (SSSR count). The summed E-state index contributed by atoms with van der Waals surface area (Å²) in [6.07, 6.45) is 2.40. The van der Waals surface area contributed by atoms with Gasteiger partial charge >= 0.3 is 0 Å². The molecule has 0 aliphatic carbocycles. The molecule has 1 unspecified atom stereocenters. The zero-order chi connectivity index (χ0) is 11.8. The van der Waals surface area contributed by atoms with Crippen LogP contribution in [0.25, 0.3) is 0 Å². The number of fused-ring (bicyclic) bond motifs is 1. The summed E-state index contributed by atoms with van der Waals surface area (Å²) in [4.78, 5) is 0. The van der Waals surface area contributed by atoms with Gasteiger partial charge in [0.1, 0.15) is 5.75 Å². The van der Waals surface area contributed by atoms with Crippen molar-refractivity contribution >= 4 is 5.69 Å². The van der Waals surface area contributed by atoms with E-state index in [0.29, 0.717) is 5.41 Å². The molecule has 88 valence electrons. The quantitative estimate of drug-likeness (QED) is 0.822. The summed E-state index contributed by atoms with van der Waals surface area (Å²) in [6.45, 7) is 7.82. The maximum absolute atomic E-state index is 5.37. The molecule has 1 N–H and O–H groups in total. The molecule has 0 amide bonds. The van der Waals surface area contributed by atoms with Crippen LogP contribution < -0.4 is 10.1 Å². The molecular weight excluding hydrogens is 198 g/mol. The highest BCUT2D eigenvalue weighted by atomic mass is 16.5. The number of anilines is 1. The molecule has 1 aromatic carbocycles. The van der Waals surface area contributed by atoms with Crippen LogP contribution in [-0.4, -0.2) is 13.7 Å². The molecule has 0 spiro atoms. The van der Waals surface area contributed by atoms with Crippen molar-refractivity contribution in [3.8, 4) is 5.75 Å². The van der Waals surface area contributed by atoms with Gasteiger partial charge in [0.25, 0.3) is 0 Å². The highest BCUT2D eigenvalue weighted by Crippen LogP contribution is 2.43. The normalized spacial score (nSPS) is 23.5. The lowest BCUT2D eigenvalue weighted by atomic mass is 9.74. The molecule has 1 aromatic rings. The van der Waals surface area contributed by atoms with Gasteiger partial charge in [0, 0.05) is 17.8 Å². The van der Waals surface area contributed by atoms with Crippen LogP contribution in [0.5, 0.6) is 5.75 Å². The highest BCUT2D eigenvalue weighted by Gasteiger charge is 2.31. The minimum absolute atomic E-state index is 0.317. The van der Waals surface area contributed by atoms with Gasteiger partial charge in [0.05, 0.1) is 7.11 Å². The second-order valence-electron chi connectivity index (χ2n) is 4.91. The second kappa shape index (κ2) is 4.00. The lowest BCUT2D eigenvalue weighted by Gasteiger charge is -2.37. The Morgan fingerprint density at radius 1 is 1.44 bits per heavy atom. The Labute approximate surface area is 98.0 Å². The number of nitrogens with one attached hydrogen (secondary N) is 1. The molecule has 2 nitrogen and oxygen atoms in total. The fourth-order valence-corrected chi connectivity index (χ4v) is 2.61. The first-order valence-corrected chi connectivity index (χ1v) is 6.04. The van der Waals surface area contributed by atoms with Gasteiger partial charge in [-0.05, 0) is 36.8 Å². The second-order valence-corrected chi connectivity index (χ2v) is 4.91. The van der Waals surface area contributed by atoms with Crippen molar-refractivity contribution in [2.75, 3.05) is 19.0 Å². The molecule has 1 aliphatic heterocycles. The summed E-state index contributed by atoms with van der Waals surface area (Å²) < 4.78 is 5.37. The van der Waals surface area contributed by atoms with E-state index in [0.717, 1.165) is 12.3 Å². The summed E-state index contributed by atoms with van der Waals surface area (Å²) in [7, 11) is 1.73. The van der Waals surface area contributed by atoms with Crippen molar-refractivity contribution in [1.29, 1.82) is 0 Å². The van der Waals surface area contributed by atoms with Crippen LogP contribution >= 0.6 is 0 Å². The zero-order valence-electron chi connectivity index (χ0n) is 10.7. The van der Waals surface area contributed by atoms with Crippen LogP contribution in [0.4, 0.5) is 5.69 Å². The molecule has 0 bridgehead atoms. The van der Waals surface area contributed by atoms with Crippen molar-refractivity contribution in [1.82, 2.24) is 0 Å². The Morgan fingerprint density at radius 3 is 2.81 bits per heavy atom. The standard InChI is InChI=1S/C14H21NO/c1-5-14(3)8-9-15-13-10(2)12(16-4)7-6-11(13)14/h6-7,15H,5,8-9H2,1-4H3. The van der Waals surface area contributed by atoms with E-state index in [4.69, 9.17) is 4.74 Å². The Balaban J connectivity index is 2.56. The van der Waals surface area contributed by atoms with Gasteiger partial charge in [-0.15, -0.1) is 0 Å². The summed E-state index contributed by atoms with van der Waals surface area (Å²) in [6, 6.07) is 4.31. The molecule has 0 saturated carbocycles. The zero-order valence-corrected chi connectivity index (χ0v) is 10.7. The van der Waals surface area contributed by atoms with Crippen LogP contribution in [0, 0.1) is 6.92 Å². The fraction of sp³-hybridized carbons (Fsp3) is 0.571. The molecule has 1 aliphatic rings. The molecule has 0 fully saturated rings. The van der Waals surface area contributed by atoms with Crippen molar-refractivity contribution < 1.29 is 4.74 Å². The third-order valence-corrected chi connectivity index (χ3v) is 4.04. The predicted molar refractivity (Wildman–Crippen MR) is 68.5 cm³/mol. The Hall–Kier alpha value is -1.18. The van der Waals surface area contributed by atoms with Crippen molar-refractivity contribution in [3.63, 3.8) is 0 Å². The predicted octanol–water partition coefficient (Wildman–Crippen LogP) is 3.49. The monoisotopic (exact) mass is 219 g/mol. The minimum atomic E-state index is 0.317. The average molecular weight is 219 g/mol. The topological polar surface area (TPSA) is 21.3 Å². The molecule has 1 heterocycles. The van der Waals surface area contributed by atoms with Gasteiger partial charge in [-0.3, -0.25) is 0 Å². The Kier molecular flexibility index (Phi) is 2.83. The van der Waals surface area contributed by atoms with E-state index in [-0.39, 0.29) is 0 Å². The number of hydrogen-bond acceptors (Lipinski definition) is 2. The van der Waals surface area contributed by atoms with E-state index in [9.17, 15) is 0 Å². The lowest BCUT2D eigenvalue weighted by Crippen LogP contribution is -2.31. The summed E-state index contributed by atoms with van der Waals surface area (Å²) >= 11 is 0. The van der Waals surface area contributed by atoms with E-state index in [2.05, 4.69) is 38.2 Å². The molecule has 16 heavy (non-hydrogen) atoms. The summed E-state index contributed by atoms with van der Waals surface area (Å²) in [5.74, 6) is 0.978. The number of benzene rings is 1. The number of rotatable bonds is 2. The van der Waals surface area contributed by atoms with Crippen LogP contribution in [0.3, 0.4) is 0 Å². The summed E-state index contributed by atoms with van der Waals surface area (Å²) in [5.41, 5.74) is 4.28. The van der Waals surface area contributed by atoms with E-state index in [1.165, 1.54) is 29.7 Å². The fourth-order valence-electron chi connectivity index (χ4n) is 2.61. The Bertz CT molecular complexity index is 400. The minimum Gasteiger partial charge on any atom is -0.496 e. The average Bonchev–Trinajstić information content (AvgIpc) is 2.31. The number of ether oxygens (including phenoxy) is 1. The SMILES string of the molecule is CCC1(C)CCNc2c1ccc(OC)c2C. The lowest BCUT2D eigenvalue weighted by molar-refractivity contribution is 0.403. The smallest absolute Gasteiger partial charge is 0.123 e. The number of hydrogen-bond donors (Lipinski definition) is 1. The van der Waals surface area contributed by atoms with Gasteiger partial charge in [-0.1, -0.05) is 19.9 Å². The van der Waals surface area contributed by atoms with Crippen LogP contribution in [0.1, 0.15) is 37.8 Å². The highest BCUT2D eigenvalue weighted by molar-refractivity contribution is 5.65. The van der Waals surface area contributed by atoms with Crippen molar-refractivity contribution in [3.05, 3.63) is 23.3 Å².